The van der Waals surface area contributed by atoms with Crippen LogP contribution in [-0.2, 0) is 4.79 Å². The maximum atomic E-state index is 12.2. The van der Waals surface area contributed by atoms with Crippen LogP contribution in [0.4, 0.5) is 0 Å². The Morgan fingerprint density at radius 1 is 1.43 bits per heavy atom. The van der Waals surface area contributed by atoms with Gasteiger partial charge in [0.1, 0.15) is 5.75 Å². The number of hydrogen-bond acceptors (Lipinski definition) is 4. The summed E-state index contributed by atoms with van der Waals surface area (Å²) in [5.74, 6) is -0.870. The van der Waals surface area contributed by atoms with Crippen LogP contribution in [0.5, 0.6) is 5.75 Å². The Balaban J connectivity index is 3.07. The zero-order chi connectivity index (χ0) is 16.0. The molecule has 0 saturated carbocycles. The van der Waals surface area contributed by atoms with Crippen molar-refractivity contribution in [1.82, 2.24) is 4.90 Å². The molecule has 0 aliphatic carbocycles. The Hall–Kier alpha value is -2.34. The second-order valence-corrected chi connectivity index (χ2v) is 4.66. The number of carboxylic acid groups (broad SMARTS) is 1. The molecule has 1 amide bonds. The predicted molar refractivity (Wildman–Crippen MR) is 78.3 cm³/mol. The first-order valence-electron chi connectivity index (χ1n) is 6.37. The van der Waals surface area contributed by atoms with Crippen molar-refractivity contribution in [2.24, 2.45) is 0 Å². The van der Waals surface area contributed by atoms with E-state index in [0.717, 1.165) is 6.08 Å². The van der Waals surface area contributed by atoms with Gasteiger partial charge in [-0.1, -0.05) is 0 Å². The number of ether oxygens (including phenoxy) is 1. The molecule has 0 radical (unpaired) electrons. The molecular weight excluding hydrogens is 274 g/mol. The molecule has 0 heterocycles. The molecule has 0 bridgehead atoms. The second kappa shape index (κ2) is 7.44. The molecular formula is C15H19NO5. The molecule has 0 fully saturated rings. The maximum absolute atomic E-state index is 12.2. The van der Waals surface area contributed by atoms with Crippen molar-refractivity contribution < 1.29 is 24.5 Å². The minimum atomic E-state index is -1.08. The lowest BCUT2D eigenvalue weighted by Gasteiger charge is -2.19. The van der Waals surface area contributed by atoms with Crippen LogP contribution in [0, 0.1) is 0 Å². The number of aliphatic hydroxyl groups is 1. The highest BCUT2D eigenvalue weighted by molar-refractivity contribution is 5.95. The van der Waals surface area contributed by atoms with Crippen LogP contribution in [0.15, 0.2) is 24.3 Å². The van der Waals surface area contributed by atoms with Crippen molar-refractivity contribution in [3.63, 3.8) is 0 Å². The number of aliphatic carboxylic acids is 1. The number of carbonyl (C=O) groups excluding carboxylic acids is 1. The van der Waals surface area contributed by atoms with E-state index in [0.29, 0.717) is 16.9 Å². The molecule has 6 nitrogen and oxygen atoms in total. The van der Waals surface area contributed by atoms with Gasteiger partial charge in [-0.05, 0) is 31.2 Å². The van der Waals surface area contributed by atoms with E-state index in [1.807, 2.05) is 0 Å². The lowest BCUT2D eigenvalue weighted by Crippen LogP contribution is -2.33. The number of nitrogens with zero attached hydrogens (tertiary/aromatic N) is 1. The first-order chi connectivity index (χ1) is 9.85. The average molecular weight is 293 g/mol. The molecule has 1 aromatic rings. The van der Waals surface area contributed by atoms with E-state index >= 15 is 0 Å². The SMILES string of the molecule is COc1ccc(C(=O)N(C)CC(C)O)cc1C=CC(=O)O. The Labute approximate surface area is 123 Å². The third-order valence-corrected chi connectivity index (χ3v) is 2.77. The van der Waals surface area contributed by atoms with Gasteiger partial charge in [0.25, 0.3) is 5.91 Å². The number of carboxylic acids is 1. The van der Waals surface area contributed by atoms with Crippen molar-refractivity contribution in [3.05, 3.63) is 35.4 Å². The van der Waals surface area contributed by atoms with E-state index in [2.05, 4.69) is 0 Å². The first-order valence-corrected chi connectivity index (χ1v) is 6.37. The summed E-state index contributed by atoms with van der Waals surface area (Å²) in [5, 5.41) is 18.0. The third-order valence-electron chi connectivity index (χ3n) is 2.77. The zero-order valence-electron chi connectivity index (χ0n) is 12.2. The van der Waals surface area contributed by atoms with Crippen LogP contribution in [0.3, 0.4) is 0 Å². The van der Waals surface area contributed by atoms with Gasteiger partial charge in [-0.25, -0.2) is 4.79 Å². The first kappa shape index (κ1) is 16.7. The largest absolute Gasteiger partial charge is 0.496 e. The molecule has 6 heteroatoms. The quantitative estimate of drug-likeness (QED) is 0.771. The van der Waals surface area contributed by atoms with Crippen LogP contribution in [0.2, 0.25) is 0 Å². The molecule has 114 valence electrons. The fourth-order valence-electron chi connectivity index (χ4n) is 1.86. The smallest absolute Gasteiger partial charge is 0.328 e. The number of carbonyl (C=O) groups is 2. The van der Waals surface area contributed by atoms with E-state index in [-0.39, 0.29) is 12.5 Å². The number of methoxy groups -OCH3 is 1. The highest BCUT2D eigenvalue weighted by atomic mass is 16.5. The molecule has 0 spiro atoms. The minimum Gasteiger partial charge on any atom is -0.496 e. The summed E-state index contributed by atoms with van der Waals surface area (Å²) in [6.45, 7) is 1.81. The normalized spacial score (nSPS) is 12.2. The monoisotopic (exact) mass is 293 g/mol. The summed E-state index contributed by atoms with van der Waals surface area (Å²) in [6.07, 6.45) is 1.72. The number of amides is 1. The summed E-state index contributed by atoms with van der Waals surface area (Å²) in [5.41, 5.74) is 0.889. The summed E-state index contributed by atoms with van der Waals surface area (Å²) in [6, 6.07) is 4.75. The van der Waals surface area contributed by atoms with Crippen LogP contribution in [0.1, 0.15) is 22.8 Å². The lowest BCUT2D eigenvalue weighted by atomic mass is 10.1. The van der Waals surface area contributed by atoms with Crippen molar-refractivity contribution in [2.45, 2.75) is 13.0 Å². The molecule has 21 heavy (non-hydrogen) atoms. The van der Waals surface area contributed by atoms with Crippen LogP contribution in [-0.4, -0.2) is 53.8 Å². The van der Waals surface area contributed by atoms with E-state index in [4.69, 9.17) is 9.84 Å². The fourth-order valence-corrected chi connectivity index (χ4v) is 1.86. The van der Waals surface area contributed by atoms with Crippen molar-refractivity contribution >= 4 is 18.0 Å². The highest BCUT2D eigenvalue weighted by Crippen LogP contribution is 2.22. The highest BCUT2D eigenvalue weighted by Gasteiger charge is 2.15. The molecule has 0 saturated heterocycles. The Morgan fingerprint density at radius 2 is 2.10 bits per heavy atom. The standard InChI is InChI=1S/C15H19NO5/c1-10(17)9-16(2)15(20)12-4-6-13(21-3)11(8-12)5-7-14(18)19/h4-8,10,17H,9H2,1-3H3,(H,18,19). The van der Waals surface area contributed by atoms with Gasteiger partial charge in [0.15, 0.2) is 0 Å². The molecule has 0 aliphatic rings. The molecule has 2 N–H and O–H groups in total. The molecule has 1 aromatic carbocycles. The Morgan fingerprint density at radius 3 is 2.62 bits per heavy atom. The van der Waals surface area contributed by atoms with Gasteiger partial charge in [-0.2, -0.15) is 0 Å². The predicted octanol–water partition coefficient (Wildman–Crippen LogP) is 1.25. The summed E-state index contributed by atoms with van der Waals surface area (Å²) in [4.78, 5) is 24.2. The number of rotatable bonds is 6. The average Bonchev–Trinajstić information content (AvgIpc) is 2.43. The lowest BCUT2D eigenvalue weighted by molar-refractivity contribution is -0.131. The number of aliphatic hydroxyl groups excluding tert-OH is 1. The van der Waals surface area contributed by atoms with Gasteiger partial charge in [-0.3, -0.25) is 4.79 Å². The maximum Gasteiger partial charge on any atom is 0.328 e. The van der Waals surface area contributed by atoms with Crippen LogP contribution in [0.25, 0.3) is 6.08 Å². The second-order valence-electron chi connectivity index (χ2n) is 4.66. The van der Waals surface area contributed by atoms with Crippen LogP contribution >= 0.6 is 0 Å². The third kappa shape index (κ3) is 4.92. The van der Waals surface area contributed by atoms with E-state index in [1.54, 1.807) is 32.2 Å². The van der Waals surface area contributed by atoms with Crippen molar-refractivity contribution in [2.75, 3.05) is 20.7 Å². The van der Waals surface area contributed by atoms with Gasteiger partial charge in [0, 0.05) is 30.8 Å². The van der Waals surface area contributed by atoms with Gasteiger partial charge in [0.05, 0.1) is 13.2 Å². The summed E-state index contributed by atoms with van der Waals surface area (Å²) in [7, 11) is 3.06. The van der Waals surface area contributed by atoms with Gasteiger partial charge in [0.2, 0.25) is 0 Å². The fraction of sp³-hybridized carbons (Fsp3) is 0.333. The van der Waals surface area contributed by atoms with Gasteiger partial charge in [-0.15, -0.1) is 0 Å². The Kier molecular flexibility index (Phi) is 5.92. The van der Waals surface area contributed by atoms with E-state index in [1.165, 1.54) is 18.1 Å². The molecule has 0 aromatic heterocycles. The molecule has 1 unspecified atom stereocenters. The van der Waals surface area contributed by atoms with E-state index in [9.17, 15) is 14.7 Å². The van der Waals surface area contributed by atoms with Crippen LogP contribution < -0.4 is 4.74 Å². The van der Waals surface area contributed by atoms with Gasteiger partial charge >= 0.3 is 5.97 Å². The number of benzene rings is 1. The molecule has 1 atom stereocenters. The number of likely N-dealkylation sites (N-methyl/N-ethyl adjacent to an activating group) is 1. The molecule has 0 aliphatic heterocycles. The van der Waals surface area contributed by atoms with E-state index < -0.39 is 12.1 Å². The molecule has 1 rings (SSSR count). The Bertz CT molecular complexity index is 551. The van der Waals surface area contributed by atoms with Gasteiger partial charge < -0.3 is 19.8 Å². The topological polar surface area (TPSA) is 87.1 Å². The zero-order valence-corrected chi connectivity index (χ0v) is 12.2. The van der Waals surface area contributed by atoms with Crippen molar-refractivity contribution in [1.29, 1.82) is 0 Å². The van der Waals surface area contributed by atoms with Crippen molar-refractivity contribution in [3.8, 4) is 5.75 Å². The number of hydrogen-bond donors (Lipinski definition) is 2. The minimum absolute atomic E-state index is 0.213. The summed E-state index contributed by atoms with van der Waals surface area (Å²) < 4.78 is 5.13. The summed E-state index contributed by atoms with van der Waals surface area (Å²) >= 11 is 0.